The third-order valence-electron chi connectivity index (χ3n) is 6.84. The Labute approximate surface area is 180 Å². The number of fused-ring (bicyclic) bond motifs is 2. The van der Waals surface area contributed by atoms with Gasteiger partial charge in [-0.15, -0.1) is 0 Å². The molecule has 0 saturated carbocycles. The van der Waals surface area contributed by atoms with Gasteiger partial charge in [0.15, 0.2) is 0 Å². The number of rotatable bonds is 0. The molecule has 0 nitrogen and oxygen atoms in total. The van der Waals surface area contributed by atoms with Crippen LogP contribution in [-0.2, 0) is 10.8 Å². The average molecular weight is 393 g/mol. The van der Waals surface area contributed by atoms with Crippen molar-refractivity contribution in [1.82, 2.24) is 0 Å². The fraction of sp³-hybridized carbons (Fsp3) is 0.333. The zero-order chi connectivity index (χ0) is 21.6. The molecule has 30 heavy (non-hydrogen) atoms. The lowest BCUT2D eigenvalue weighted by Gasteiger charge is -2.25. The summed E-state index contributed by atoms with van der Waals surface area (Å²) in [6, 6.07) is 19.2. The van der Waals surface area contributed by atoms with Gasteiger partial charge in [0, 0.05) is 0 Å². The van der Waals surface area contributed by atoms with Crippen LogP contribution in [0.2, 0.25) is 0 Å². The number of hydrogen-bond donors (Lipinski definition) is 0. The van der Waals surface area contributed by atoms with Crippen molar-refractivity contribution in [3.8, 4) is 0 Å². The summed E-state index contributed by atoms with van der Waals surface area (Å²) in [7, 11) is 0. The molecule has 0 aliphatic heterocycles. The van der Waals surface area contributed by atoms with Crippen molar-refractivity contribution in [2.45, 2.75) is 66.2 Å². The third kappa shape index (κ3) is 2.73. The molecule has 0 heteroatoms. The van der Waals surface area contributed by atoms with E-state index in [2.05, 4.69) is 104 Å². The molecule has 0 heterocycles. The van der Waals surface area contributed by atoms with E-state index in [1.807, 2.05) is 0 Å². The summed E-state index contributed by atoms with van der Waals surface area (Å²) in [6.45, 7) is 18.4. The molecule has 0 aliphatic carbocycles. The number of hydrogen-bond acceptors (Lipinski definition) is 0. The second-order valence-electron chi connectivity index (χ2n) is 11.3. The summed E-state index contributed by atoms with van der Waals surface area (Å²) < 4.78 is 0. The Morgan fingerprint density at radius 3 is 1.67 bits per heavy atom. The van der Waals surface area contributed by atoms with Gasteiger partial charge in [0.25, 0.3) is 0 Å². The highest BCUT2D eigenvalue weighted by Crippen LogP contribution is 2.44. The molecule has 0 atom stereocenters. The van der Waals surface area contributed by atoms with Crippen LogP contribution in [0.4, 0.5) is 0 Å². The van der Waals surface area contributed by atoms with Crippen LogP contribution in [0.1, 0.15) is 63.8 Å². The summed E-state index contributed by atoms with van der Waals surface area (Å²) in [6.07, 6.45) is 0. The minimum absolute atomic E-state index is 0.118. The van der Waals surface area contributed by atoms with Gasteiger partial charge in [-0.25, -0.2) is 0 Å². The monoisotopic (exact) mass is 392 g/mol. The lowest BCUT2D eigenvalue weighted by molar-refractivity contribution is 0.591. The molecule has 152 valence electrons. The normalized spacial score (nSPS) is 13.3. The van der Waals surface area contributed by atoms with Crippen molar-refractivity contribution in [3.63, 3.8) is 0 Å². The Morgan fingerprint density at radius 2 is 1.03 bits per heavy atom. The van der Waals surface area contributed by atoms with E-state index < -0.39 is 0 Å². The van der Waals surface area contributed by atoms with E-state index in [-0.39, 0.29) is 10.8 Å². The third-order valence-corrected chi connectivity index (χ3v) is 6.84. The molecule has 5 aromatic carbocycles. The van der Waals surface area contributed by atoms with Gasteiger partial charge in [-0.1, -0.05) is 77.9 Å². The second-order valence-corrected chi connectivity index (χ2v) is 11.3. The maximum Gasteiger partial charge on any atom is -0.00235 e. The minimum atomic E-state index is 0.118. The first-order valence-electron chi connectivity index (χ1n) is 11.1. The summed E-state index contributed by atoms with van der Waals surface area (Å²) in [5.41, 5.74) is 5.75. The van der Waals surface area contributed by atoms with Crippen molar-refractivity contribution in [2.24, 2.45) is 0 Å². The van der Waals surface area contributed by atoms with Gasteiger partial charge < -0.3 is 0 Å². The molecule has 0 radical (unpaired) electrons. The van der Waals surface area contributed by atoms with Crippen molar-refractivity contribution >= 4 is 43.1 Å². The van der Waals surface area contributed by atoms with Gasteiger partial charge in [0.05, 0.1) is 0 Å². The molecular formula is C30H32. The smallest absolute Gasteiger partial charge is 0.00235 e. The molecule has 5 rings (SSSR count). The molecule has 0 aromatic heterocycles. The van der Waals surface area contributed by atoms with Gasteiger partial charge in [-0.3, -0.25) is 0 Å². The predicted octanol–water partition coefficient (Wildman–Crippen LogP) is 8.95. The van der Waals surface area contributed by atoms with Crippen LogP contribution >= 0.6 is 0 Å². The maximum absolute atomic E-state index is 2.46. The quantitative estimate of drug-likeness (QED) is 0.182. The molecule has 0 aliphatic rings. The van der Waals surface area contributed by atoms with Crippen LogP contribution in [0, 0.1) is 13.8 Å². The van der Waals surface area contributed by atoms with Crippen LogP contribution in [0.15, 0.2) is 48.5 Å². The zero-order valence-electron chi connectivity index (χ0n) is 19.6. The fourth-order valence-electron chi connectivity index (χ4n) is 5.02. The molecule has 0 fully saturated rings. The average Bonchev–Trinajstić information content (AvgIpc) is 2.64. The van der Waals surface area contributed by atoms with Crippen molar-refractivity contribution in [3.05, 3.63) is 70.8 Å². The number of benzene rings is 5. The van der Waals surface area contributed by atoms with Gasteiger partial charge in [-0.2, -0.15) is 0 Å². The SMILES string of the molecule is Cc1cc2cc(C(C)(C)C)cc3c4ccc(C)c5cc(C(C)(C)C)cc(c(c1)c23)c54. The fourth-order valence-corrected chi connectivity index (χ4v) is 5.02. The van der Waals surface area contributed by atoms with E-state index in [9.17, 15) is 0 Å². The van der Waals surface area contributed by atoms with Crippen LogP contribution in [0.5, 0.6) is 0 Å². The molecule has 0 unspecified atom stereocenters. The molecule has 0 saturated heterocycles. The zero-order valence-corrected chi connectivity index (χ0v) is 19.6. The molecule has 0 amide bonds. The van der Waals surface area contributed by atoms with E-state index in [4.69, 9.17) is 0 Å². The van der Waals surface area contributed by atoms with Gasteiger partial charge in [0.2, 0.25) is 0 Å². The second kappa shape index (κ2) is 5.97. The van der Waals surface area contributed by atoms with Crippen LogP contribution in [-0.4, -0.2) is 0 Å². The Bertz CT molecular complexity index is 1450. The van der Waals surface area contributed by atoms with E-state index >= 15 is 0 Å². The van der Waals surface area contributed by atoms with Crippen LogP contribution < -0.4 is 0 Å². The first-order chi connectivity index (χ1) is 13.9. The maximum atomic E-state index is 2.46. The summed E-state index contributed by atoms with van der Waals surface area (Å²) >= 11 is 0. The van der Waals surface area contributed by atoms with Crippen molar-refractivity contribution < 1.29 is 0 Å². The van der Waals surface area contributed by atoms with Gasteiger partial charge >= 0.3 is 0 Å². The van der Waals surface area contributed by atoms with Gasteiger partial charge in [-0.05, 0) is 102 Å². The highest BCUT2D eigenvalue weighted by atomic mass is 14.3. The largest absolute Gasteiger partial charge is 0.0581 e. The summed E-state index contributed by atoms with van der Waals surface area (Å²) in [4.78, 5) is 0. The summed E-state index contributed by atoms with van der Waals surface area (Å²) in [5, 5.41) is 11.2. The predicted molar refractivity (Wildman–Crippen MR) is 135 cm³/mol. The van der Waals surface area contributed by atoms with Crippen molar-refractivity contribution in [1.29, 1.82) is 0 Å². The first-order valence-corrected chi connectivity index (χ1v) is 11.1. The lowest BCUT2D eigenvalue weighted by Crippen LogP contribution is -2.12. The molecule has 0 bridgehead atoms. The topological polar surface area (TPSA) is 0 Å². The highest BCUT2D eigenvalue weighted by Gasteiger charge is 2.22. The Kier molecular flexibility index (Phi) is 3.86. The Balaban J connectivity index is 2.13. The van der Waals surface area contributed by atoms with E-state index in [1.54, 1.807) is 0 Å². The van der Waals surface area contributed by atoms with Gasteiger partial charge in [0.1, 0.15) is 0 Å². The molecule has 5 aromatic rings. The highest BCUT2D eigenvalue weighted by molar-refractivity contribution is 6.33. The Morgan fingerprint density at radius 1 is 0.500 bits per heavy atom. The van der Waals surface area contributed by atoms with Crippen LogP contribution in [0.25, 0.3) is 43.1 Å². The summed E-state index contributed by atoms with van der Waals surface area (Å²) in [5.74, 6) is 0. The standard InChI is InChI=1S/C30H32/c1-17-11-19-13-20(29(3,4)5)15-25-22-10-9-18(2)23-14-21(30(6,7)8)16-26(28(22)23)24(12-17)27(19)25/h9-16H,1-8H3. The van der Waals surface area contributed by atoms with E-state index in [0.29, 0.717) is 0 Å². The Hall–Kier alpha value is -2.60. The molecule has 0 spiro atoms. The number of aryl methyl sites for hydroxylation is 2. The first kappa shape index (κ1) is 19.4. The van der Waals surface area contributed by atoms with E-state index in [0.717, 1.165) is 0 Å². The minimum Gasteiger partial charge on any atom is -0.0581 e. The lowest BCUT2D eigenvalue weighted by atomic mass is 9.79. The molecule has 0 N–H and O–H groups in total. The molecular weight excluding hydrogens is 360 g/mol. The van der Waals surface area contributed by atoms with E-state index in [1.165, 1.54) is 65.3 Å². The van der Waals surface area contributed by atoms with Crippen LogP contribution in [0.3, 0.4) is 0 Å². The van der Waals surface area contributed by atoms with Crippen molar-refractivity contribution in [2.75, 3.05) is 0 Å².